The lowest BCUT2D eigenvalue weighted by Crippen LogP contribution is -2.56. The van der Waals surface area contributed by atoms with Crippen LogP contribution in [-0.4, -0.2) is 57.6 Å². The van der Waals surface area contributed by atoms with Crippen molar-refractivity contribution in [1.82, 2.24) is 14.7 Å². The van der Waals surface area contributed by atoms with Crippen molar-refractivity contribution in [2.75, 3.05) is 19.0 Å². The van der Waals surface area contributed by atoms with E-state index in [2.05, 4.69) is 16.5 Å². The molecule has 2 aromatic rings. The lowest BCUT2D eigenvalue weighted by molar-refractivity contribution is -0.0242. The van der Waals surface area contributed by atoms with Crippen LogP contribution in [0, 0.1) is 23.1 Å². The second-order valence-electron chi connectivity index (χ2n) is 7.29. The lowest BCUT2D eigenvalue weighted by Gasteiger charge is -2.44. The first kappa shape index (κ1) is 22.0. The summed E-state index contributed by atoms with van der Waals surface area (Å²) in [7, 11) is 1.46. The summed E-state index contributed by atoms with van der Waals surface area (Å²) < 4.78 is 20.0. The predicted molar refractivity (Wildman–Crippen MR) is 108 cm³/mol. The number of rotatable bonds is 6. The Morgan fingerprint density at radius 1 is 1.42 bits per heavy atom. The Balaban J connectivity index is 2.06. The molecule has 0 spiro atoms. The number of benzene rings is 1. The van der Waals surface area contributed by atoms with E-state index in [4.69, 9.17) is 10.5 Å². The van der Waals surface area contributed by atoms with Crippen molar-refractivity contribution in [1.29, 1.82) is 5.26 Å². The number of carbonyl (C=O) groups is 2. The van der Waals surface area contributed by atoms with Gasteiger partial charge in [0.15, 0.2) is 5.82 Å². The number of ether oxygens (including phenoxy) is 1. The van der Waals surface area contributed by atoms with Crippen molar-refractivity contribution >= 4 is 23.5 Å². The zero-order valence-electron chi connectivity index (χ0n) is 17.0. The SMILES string of the molecule is COC(C)C1C(n2cc(C(N)=O)c(Nc3ccc(F)cc3)n2)C(C#N)CCN1C(=O)O. The number of amides is 2. The third-order valence-corrected chi connectivity index (χ3v) is 5.48. The van der Waals surface area contributed by atoms with Gasteiger partial charge in [0.2, 0.25) is 0 Å². The van der Waals surface area contributed by atoms with Crippen molar-refractivity contribution in [2.45, 2.75) is 31.5 Å². The standard InChI is InChI=1S/C20H23FN6O4/c1-11(31-2)16-17(12(9-22)7-8-26(16)20(29)30)27-10-15(18(23)28)19(25-27)24-14-5-3-13(21)4-6-14/h3-6,10-12,16-17H,7-8H2,1-2H3,(H2,23,28)(H,24,25)(H,29,30). The second-order valence-corrected chi connectivity index (χ2v) is 7.29. The Kier molecular flexibility index (Phi) is 6.41. The number of methoxy groups -OCH3 is 1. The maximum absolute atomic E-state index is 13.2. The third-order valence-electron chi connectivity index (χ3n) is 5.48. The quantitative estimate of drug-likeness (QED) is 0.637. The molecule has 2 amide bonds. The molecule has 10 nitrogen and oxygen atoms in total. The smallest absolute Gasteiger partial charge is 0.407 e. The summed E-state index contributed by atoms with van der Waals surface area (Å²) in [6, 6.07) is 6.22. The molecular weight excluding hydrogens is 407 g/mol. The lowest BCUT2D eigenvalue weighted by atomic mass is 9.84. The molecule has 1 aromatic carbocycles. The second kappa shape index (κ2) is 9.01. The van der Waals surface area contributed by atoms with Crippen LogP contribution in [0.4, 0.5) is 20.7 Å². The maximum atomic E-state index is 13.2. The number of aromatic nitrogens is 2. The summed E-state index contributed by atoms with van der Waals surface area (Å²) >= 11 is 0. The minimum absolute atomic E-state index is 0.0530. The van der Waals surface area contributed by atoms with Gasteiger partial charge in [0.25, 0.3) is 5.91 Å². The average Bonchev–Trinajstić information content (AvgIpc) is 3.17. The molecule has 4 atom stereocenters. The van der Waals surface area contributed by atoms with Crippen LogP contribution >= 0.6 is 0 Å². The zero-order chi connectivity index (χ0) is 22.7. The van der Waals surface area contributed by atoms with Gasteiger partial charge in [-0.15, -0.1) is 0 Å². The van der Waals surface area contributed by atoms with Crippen molar-refractivity contribution < 1.29 is 23.8 Å². The number of halogens is 1. The van der Waals surface area contributed by atoms with Crippen LogP contribution in [0.15, 0.2) is 30.5 Å². The van der Waals surface area contributed by atoms with E-state index in [1.165, 1.54) is 47.2 Å². The van der Waals surface area contributed by atoms with Gasteiger partial charge in [0.1, 0.15) is 11.4 Å². The van der Waals surface area contributed by atoms with Gasteiger partial charge in [0, 0.05) is 25.5 Å². The number of hydrogen-bond acceptors (Lipinski definition) is 6. The van der Waals surface area contributed by atoms with Crippen LogP contribution in [0.3, 0.4) is 0 Å². The van der Waals surface area contributed by atoms with E-state index in [0.29, 0.717) is 12.1 Å². The average molecular weight is 430 g/mol. The van der Waals surface area contributed by atoms with Crippen molar-refractivity contribution in [3.8, 4) is 6.07 Å². The maximum Gasteiger partial charge on any atom is 0.407 e. The number of nitriles is 1. The Labute approximate surface area is 178 Å². The number of likely N-dealkylation sites (tertiary alicyclic amines) is 1. The molecule has 1 aliphatic heterocycles. The minimum Gasteiger partial charge on any atom is -0.465 e. The van der Waals surface area contributed by atoms with E-state index in [9.17, 15) is 24.3 Å². The monoisotopic (exact) mass is 430 g/mol. The molecule has 3 rings (SSSR count). The van der Waals surface area contributed by atoms with Gasteiger partial charge in [-0.25, -0.2) is 9.18 Å². The summed E-state index contributed by atoms with van der Waals surface area (Å²) in [5.74, 6) is -1.63. The molecule has 1 aliphatic rings. The first-order valence-corrected chi connectivity index (χ1v) is 9.60. The van der Waals surface area contributed by atoms with Crippen molar-refractivity contribution in [3.63, 3.8) is 0 Å². The first-order valence-electron chi connectivity index (χ1n) is 9.60. The van der Waals surface area contributed by atoms with Crippen LogP contribution in [0.1, 0.15) is 29.7 Å². The number of hydrogen-bond donors (Lipinski definition) is 3. The summed E-state index contributed by atoms with van der Waals surface area (Å²) in [6.45, 7) is 1.89. The van der Waals surface area contributed by atoms with Crippen LogP contribution in [0.2, 0.25) is 0 Å². The van der Waals surface area contributed by atoms with Crippen LogP contribution in [-0.2, 0) is 4.74 Å². The molecule has 31 heavy (non-hydrogen) atoms. The molecule has 1 aromatic heterocycles. The molecule has 0 aliphatic carbocycles. The molecule has 2 heterocycles. The summed E-state index contributed by atoms with van der Waals surface area (Å²) in [4.78, 5) is 25.1. The van der Waals surface area contributed by atoms with Gasteiger partial charge in [0.05, 0.1) is 30.2 Å². The van der Waals surface area contributed by atoms with Gasteiger partial charge in [-0.2, -0.15) is 10.4 Å². The van der Waals surface area contributed by atoms with Crippen molar-refractivity contribution in [2.24, 2.45) is 11.7 Å². The molecule has 0 bridgehead atoms. The number of carboxylic acid groups (broad SMARTS) is 1. The summed E-state index contributed by atoms with van der Waals surface area (Å²) in [5, 5.41) is 26.7. The Bertz CT molecular complexity index is 1000. The van der Waals surface area contributed by atoms with E-state index in [-0.39, 0.29) is 17.9 Å². The zero-order valence-corrected chi connectivity index (χ0v) is 17.0. The Morgan fingerprint density at radius 3 is 2.65 bits per heavy atom. The molecule has 164 valence electrons. The number of nitrogens with two attached hydrogens (primary N) is 1. The van der Waals surface area contributed by atoms with E-state index < -0.39 is 41.9 Å². The number of primary amides is 1. The molecule has 4 unspecified atom stereocenters. The largest absolute Gasteiger partial charge is 0.465 e. The van der Waals surface area contributed by atoms with Gasteiger partial charge in [-0.1, -0.05) is 0 Å². The molecule has 0 saturated carbocycles. The molecule has 0 radical (unpaired) electrons. The number of nitrogens with one attached hydrogen (secondary N) is 1. The van der Waals surface area contributed by atoms with Gasteiger partial charge >= 0.3 is 6.09 Å². The highest BCUT2D eigenvalue weighted by molar-refractivity contribution is 5.98. The van der Waals surface area contributed by atoms with E-state index in [1.807, 2.05) is 0 Å². The number of piperidine rings is 1. The predicted octanol–water partition coefficient (Wildman–Crippen LogP) is 2.33. The Hall–Kier alpha value is -3.65. The van der Waals surface area contributed by atoms with Crippen molar-refractivity contribution in [3.05, 3.63) is 41.8 Å². The summed E-state index contributed by atoms with van der Waals surface area (Å²) in [6.07, 6.45) is 0.00538. The van der Waals surface area contributed by atoms with Gasteiger partial charge < -0.3 is 25.8 Å². The van der Waals surface area contributed by atoms with Gasteiger partial charge in [-0.3, -0.25) is 9.48 Å². The van der Waals surface area contributed by atoms with E-state index in [0.717, 1.165) is 0 Å². The highest BCUT2D eigenvalue weighted by atomic mass is 19.1. The molecule has 11 heteroatoms. The fraction of sp³-hybridized carbons (Fsp3) is 0.400. The summed E-state index contributed by atoms with van der Waals surface area (Å²) in [5.41, 5.74) is 6.04. The van der Waals surface area contributed by atoms with Crippen LogP contribution in [0.25, 0.3) is 0 Å². The molecule has 1 saturated heterocycles. The topological polar surface area (TPSA) is 146 Å². The fourth-order valence-electron chi connectivity index (χ4n) is 3.88. The van der Waals surface area contributed by atoms with E-state index in [1.54, 1.807) is 6.92 Å². The minimum atomic E-state index is -1.14. The fourth-order valence-corrected chi connectivity index (χ4v) is 3.88. The third kappa shape index (κ3) is 4.44. The molecular formula is C20H23FN6O4. The molecule has 4 N–H and O–H groups in total. The van der Waals surface area contributed by atoms with E-state index >= 15 is 0 Å². The number of anilines is 2. The first-order chi connectivity index (χ1) is 14.8. The number of nitrogens with zero attached hydrogens (tertiary/aromatic N) is 4. The van der Waals surface area contributed by atoms with Crippen LogP contribution < -0.4 is 11.1 Å². The van der Waals surface area contributed by atoms with Gasteiger partial charge in [-0.05, 0) is 37.6 Å². The highest BCUT2D eigenvalue weighted by Gasteiger charge is 2.45. The highest BCUT2D eigenvalue weighted by Crippen LogP contribution is 2.36. The molecule has 1 fully saturated rings. The number of carbonyl (C=O) groups excluding carboxylic acids is 1. The van der Waals surface area contributed by atoms with Crippen LogP contribution in [0.5, 0.6) is 0 Å². The normalized spacial score (nSPS) is 21.9. The Morgan fingerprint density at radius 2 is 2.10 bits per heavy atom.